The van der Waals surface area contributed by atoms with Gasteiger partial charge in [-0.1, -0.05) is 60.7 Å². The number of nitrogens with zero attached hydrogens (tertiary/aromatic N) is 2. The number of hydrazine groups is 1. The van der Waals surface area contributed by atoms with E-state index in [1.807, 2.05) is 60.7 Å². The molecule has 1 fully saturated rings. The Labute approximate surface area is 170 Å². The van der Waals surface area contributed by atoms with Crippen LogP contribution in [0, 0.1) is 0 Å². The maximum atomic E-state index is 13.4. The first kappa shape index (κ1) is 17.8. The van der Waals surface area contributed by atoms with Crippen molar-refractivity contribution in [3.8, 4) is 0 Å². The molecule has 29 heavy (non-hydrogen) atoms. The van der Waals surface area contributed by atoms with Crippen LogP contribution < -0.4 is 10.3 Å². The molecule has 2 heterocycles. The normalized spacial score (nSPS) is 20.4. The van der Waals surface area contributed by atoms with Crippen LogP contribution in [0.15, 0.2) is 78.9 Å². The van der Waals surface area contributed by atoms with Gasteiger partial charge in [0, 0.05) is 5.69 Å². The Kier molecular flexibility index (Phi) is 4.45. The van der Waals surface area contributed by atoms with E-state index in [9.17, 15) is 9.90 Å². The van der Waals surface area contributed by atoms with E-state index < -0.39 is 0 Å². The van der Waals surface area contributed by atoms with Gasteiger partial charge in [0.2, 0.25) is 0 Å². The van der Waals surface area contributed by atoms with E-state index in [0.717, 1.165) is 35.3 Å². The molecule has 146 valence electrons. The first-order valence-electron chi connectivity index (χ1n) is 9.97. The highest BCUT2D eigenvalue weighted by molar-refractivity contribution is 5.92. The molecule has 0 saturated carbocycles. The number of anilines is 2. The molecule has 2 atom stereocenters. The van der Waals surface area contributed by atoms with Crippen LogP contribution in [0.4, 0.5) is 11.4 Å². The molecule has 0 bridgehead atoms. The summed E-state index contributed by atoms with van der Waals surface area (Å²) in [5.74, 6) is 0.0830. The number of para-hydroxylation sites is 2. The third-order valence-electron chi connectivity index (χ3n) is 5.81. The number of amides is 1. The monoisotopic (exact) mass is 385 g/mol. The van der Waals surface area contributed by atoms with Crippen molar-refractivity contribution in [2.45, 2.75) is 31.7 Å². The van der Waals surface area contributed by atoms with Crippen molar-refractivity contribution in [1.82, 2.24) is 5.01 Å². The molecular formula is C24H23N3O2. The first-order valence-corrected chi connectivity index (χ1v) is 9.97. The molecular weight excluding hydrogens is 362 g/mol. The van der Waals surface area contributed by atoms with Gasteiger partial charge in [0.15, 0.2) is 6.17 Å². The van der Waals surface area contributed by atoms with Gasteiger partial charge in [0.05, 0.1) is 12.3 Å². The van der Waals surface area contributed by atoms with Crippen LogP contribution in [0.25, 0.3) is 0 Å². The van der Waals surface area contributed by atoms with Crippen LogP contribution in [0.2, 0.25) is 0 Å². The fourth-order valence-electron chi connectivity index (χ4n) is 4.40. The molecule has 3 aromatic carbocycles. The molecule has 0 aliphatic carbocycles. The van der Waals surface area contributed by atoms with Gasteiger partial charge in [-0.15, -0.1) is 0 Å². The molecule has 0 radical (unpaired) electrons. The molecule has 5 nitrogen and oxygen atoms in total. The van der Waals surface area contributed by atoms with Crippen LogP contribution >= 0.6 is 0 Å². The van der Waals surface area contributed by atoms with Gasteiger partial charge in [-0.25, -0.2) is 5.01 Å². The Morgan fingerprint density at radius 2 is 1.66 bits per heavy atom. The lowest BCUT2D eigenvalue weighted by Crippen LogP contribution is -2.38. The summed E-state index contributed by atoms with van der Waals surface area (Å²) in [6.45, 7) is 0.00499. The lowest BCUT2D eigenvalue weighted by molar-refractivity contribution is -0.128. The molecule has 0 aromatic heterocycles. The Bertz CT molecular complexity index is 1020. The van der Waals surface area contributed by atoms with Crippen LogP contribution in [-0.4, -0.2) is 22.1 Å². The second-order valence-corrected chi connectivity index (χ2v) is 7.55. The Morgan fingerprint density at radius 1 is 0.931 bits per heavy atom. The van der Waals surface area contributed by atoms with Crippen molar-refractivity contribution in [2.24, 2.45) is 0 Å². The smallest absolute Gasteiger partial charge is 0.265 e. The molecule has 1 unspecified atom stereocenters. The number of nitrogens with one attached hydrogen (secondary N) is 1. The van der Waals surface area contributed by atoms with Crippen molar-refractivity contribution in [1.29, 1.82) is 0 Å². The largest absolute Gasteiger partial charge is 0.392 e. The molecule has 5 rings (SSSR count). The van der Waals surface area contributed by atoms with E-state index in [-0.39, 0.29) is 24.7 Å². The highest BCUT2D eigenvalue weighted by Gasteiger charge is 2.49. The van der Waals surface area contributed by atoms with E-state index >= 15 is 0 Å². The van der Waals surface area contributed by atoms with Crippen molar-refractivity contribution in [2.75, 3.05) is 10.3 Å². The molecule has 0 spiro atoms. The predicted molar refractivity (Wildman–Crippen MR) is 113 cm³/mol. The number of aliphatic hydroxyl groups excluding tert-OH is 1. The minimum Gasteiger partial charge on any atom is -0.392 e. The summed E-state index contributed by atoms with van der Waals surface area (Å²) in [6.07, 6.45) is 1.44. The van der Waals surface area contributed by atoms with Crippen LogP contribution in [-0.2, 0) is 17.8 Å². The number of carbonyl (C=O) groups is 1. The zero-order valence-electron chi connectivity index (χ0n) is 16.0. The van der Waals surface area contributed by atoms with Crippen LogP contribution in [0.1, 0.15) is 29.3 Å². The maximum Gasteiger partial charge on any atom is 0.265 e. The summed E-state index contributed by atoms with van der Waals surface area (Å²) in [4.78, 5) is 15.7. The number of fused-ring (bicyclic) bond motifs is 3. The molecule has 2 N–H and O–H groups in total. The van der Waals surface area contributed by atoms with Gasteiger partial charge in [-0.05, 0) is 47.7 Å². The molecule has 1 saturated heterocycles. The standard InChI is InChI=1S/C24H23N3O2/c28-16-17-10-12-19(13-11-17)23-26-21-9-5-4-6-18(21)14-15-22(26)24(29)27(23)25-20-7-2-1-3-8-20/h1-13,22-23,25,28H,14-16H2/t22?,23-/m1/s1. The lowest BCUT2D eigenvalue weighted by Gasteiger charge is -2.37. The maximum absolute atomic E-state index is 13.4. The third-order valence-corrected chi connectivity index (χ3v) is 5.81. The summed E-state index contributed by atoms with van der Waals surface area (Å²) in [5, 5.41) is 11.2. The molecule has 2 aliphatic rings. The van der Waals surface area contributed by atoms with Gasteiger partial charge in [-0.2, -0.15) is 0 Å². The fourth-order valence-corrected chi connectivity index (χ4v) is 4.40. The van der Waals surface area contributed by atoms with Gasteiger partial charge in [-0.3, -0.25) is 10.2 Å². The van der Waals surface area contributed by atoms with E-state index in [1.165, 1.54) is 5.56 Å². The van der Waals surface area contributed by atoms with Crippen molar-refractivity contribution >= 4 is 17.3 Å². The summed E-state index contributed by atoms with van der Waals surface area (Å²) < 4.78 is 0. The van der Waals surface area contributed by atoms with E-state index in [4.69, 9.17) is 0 Å². The lowest BCUT2D eigenvalue weighted by atomic mass is 9.95. The zero-order chi connectivity index (χ0) is 19.8. The highest BCUT2D eigenvalue weighted by atomic mass is 16.3. The minimum atomic E-state index is -0.262. The van der Waals surface area contributed by atoms with Crippen molar-refractivity contribution < 1.29 is 9.90 Å². The van der Waals surface area contributed by atoms with Crippen molar-refractivity contribution in [3.63, 3.8) is 0 Å². The van der Waals surface area contributed by atoms with Crippen molar-refractivity contribution in [3.05, 3.63) is 95.6 Å². The number of rotatable bonds is 4. The molecule has 1 amide bonds. The zero-order valence-corrected chi connectivity index (χ0v) is 16.0. The SMILES string of the molecule is O=C1C2CCc3ccccc3N2[C@@H](c2ccc(CO)cc2)N1Nc1ccccc1. The number of aryl methyl sites for hydroxylation is 1. The summed E-state index contributed by atoms with van der Waals surface area (Å²) in [6, 6.07) is 25.8. The quantitative estimate of drug-likeness (QED) is 0.716. The summed E-state index contributed by atoms with van der Waals surface area (Å²) in [7, 11) is 0. The van der Waals surface area contributed by atoms with Gasteiger partial charge in [0.1, 0.15) is 6.04 Å². The van der Waals surface area contributed by atoms with Crippen LogP contribution in [0.5, 0.6) is 0 Å². The number of hydrogen-bond acceptors (Lipinski definition) is 4. The Morgan fingerprint density at radius 3 is 2.41 bits per heavy atom. The van der Waals surface area contributed by atoms with Gasteiger partial charge >= 0.3 is 0 Å². The number of hydrogen-bond donors (Lipinski definition) is 2. The first-order chi connectivity index (χ1) is 14.3. The van der Waals surface area contributed by atoms with Gasteiger partial charge < -0.3 is 10.0 Å². The predicted octanol–water partition coefficient (Wildman–Crippen LogP) is 3.87. The fraction of sp³-hybridized carbons (Fsp3) is 0.208. The number of benzene rings is 3. The second kappa shape index (κ2) is 7.26. The molecule has 5 heteroatoms. The minimum absolute atomic E-state index is 0.00499. The van der Waals surface area contributed by atoms with Crippen LogP contribution in [0.3, 0.4) is 0 Å². The van der Waals surface area contributed by atoms with E-state index in [2.05, 4.69) is 28.5 Å². The Hall–Kier alpha value is -3.31. The van der Waals surface area contributed by atoms with Gasteiger partial charge in [0.25, 0.3) is 5.91 Å². The van der Waals surface area contributed by atoms with E-state index in [1.54, 1.807) is 5.01 Å². The Balaban J connectivity index is 1.60. The van der Waals surface area contributed by atoms with E-state index in [0.29, 0.717) is 0 Å². The average Bonchev–Trinajstić information content (AvgIpc) is 3.06. The summed E-state index contributed by atoms with van der Waals surface area (Å²) in [5.41, 5.74) is 8.49. The second-order valence-electron chi connectivity index (χ2n) is 7.55. The average molecular weight is 385 g/mol. The summed E-state index contributed by atoms with van der Waals surface area (Å²) >= 11 is 0. The number of aliphatic hydroxyl groups is 1. The number of carbonyl (C=O) groups excluding carboxylic acids is 1. The highest BCUT2D eigenvalue weighted by Crippen LogP contribution is 2.44. The topological polar surface area (TPSA) is 55.8 Å². The molecule has 3 aromatic rings. The molecule has 2 aliphatic heterocycles. The third kappa shape index (κ3) is 3.04.